The summed E-state index contributed by atoms with van der Waals surface area (Å²) in [5, 5.41) is 0.539. The number of sulfone groups is 1. The average Bonchev–Trinajstić information content (AvgIpc) is 2.96. The van der Waals surface area contributed by atoms with Crippen LogP contribution in [0.2, 0.25) is 5.02 Å². The van der Waals surface area contributed by atoms with Gasteiger partial charge in [0.25, 0.3) is 0 Å². The van der Waals surface area contributed by atoms with Crippen LogP contribution in [0.4, 0.5) is 0 Å². The van der Waals surface area contributed by atoms with Crippen molar-refractivity contribution < 1.29 is 13.2 Å². The molecule has 0 amide bonds. The molecule has 0 aliphatic rings. The Morgan fingerprint density at radius 3 is 2.20 bits per heavy atom. The molecule has 0 aliphatic carbocycles. The summed E-state index contributed by atoms with van der Waals surface area (Å²) in [7, 11) is -1.63. The van der Waals surface area contributed by atoms with Crippen LogP contribution in [0.1, 0.15) is 5.69 Å². The maximum atomic E-state index is 11.6. The van der Waals surface area contributed by atoms with Gasteiger partial charge in [0.05, 0.1) is 22.7 Å². The maximum Gasteiger partial charge on any atom is 0.175 e. The molecule has 0 saturated carbocycles. The lowest BCUT2D eigenvalue weighted by molar-refractivity contribution is 0.415. The normalized spacial score (nSPS) is 11.5. The molecule has 0 aliphatic heterocycles. The van der Waals surface area contributed by atoms with Gasteiger partial charge >= 0.3 is 0 Å². The van der Waals surface area contributed by atoms with E-state index in [-0.39, 0.29) is 0 Å². The molecule has 25 heavy (non-hydrogen) atoms. The molecule has 6 heteroatoms. The largest absolute Gasteiger partial charge is 0.495 e. The Bertz CT molecular complexity index is 1020. The lowest BCUT2D eigenvalue weighted by Crippen LogP contribution is -1.96. The number of nitrogens with one attached hydrogen (secondary N) is 1. The quantitative estimate of drug-likeness (QED) is 0.717. The van der Waals surface area contributed by atoms with Gasteiger partial charge in [0.1, 0.15) is 5.75 Å². The molecule has 0 atom stereocenters. The fourth-order valence-electron chi connectivity index (χ4n) is 2.75. The summed E-state index contributed by atoms with van der Waals surface area (Å²) in [4.78, 5) is 3.64. The lowest BCUT2D eigenvalue weighted by atomic mass is 10.0. The zero-order valence-corrected chi connectivity index (χ0v) is 15.7. The zero-order valence-electron chi connectivity index (χ0n) is 14.1. The minimum absolute atomic E-state index is 0.300. The topological polar surface area (TPSA) is 59.2 Å². The molecule has 1 heterocycles. The number of aromatic nitrogens is 1. The van der Waals surface area contributed by atoms with Crippen LogP contribution in [0, 0.1) is 6.92 Å². The summed E-state index contributed by atoms with van der Waals surface area (Å²) in [6.45, 7) is 1.98. The van der Waals surface area contributed by atoms with Crippen molar-refractivity contribution in [2.45, 2.75) is 11.8 Å². The smallest absolute Gasteiger partial charge is 0.175 e. The van der Waals surface area contributed by atoms with Gasteiger partial charge in [-0.05, 0) is 48.4 Å². The van der Waals surface area contributed by atoms with Crippen LogP contribution < -0.4 is 4.74 Å². The van der Waals surface area contributed by atoms with Crippen LogP contribution in [-0.4, -0.2) is 26.8 Å². The van der Waals surface area contributed by atoms with Crippen molar-refractivity contribution in [2.75, 3.05) is 13.4 Å². The Kier molecular flexibility index (Phi) is 4.62. The number of hydrogen-bond donors (Lipinski definition) is 1. The molecule has 130 valence electrons. The van der Waals surface area contributed by atoms with Crippen molar-refractivity contribution in [3.8, 4) is 28.1 Å². The molecule has 4 nitrogen and oxygen atoms in total. The number of methoxy groups -OCH3 is 1. The highest BCUT2D eigenvalue weighted by Crippen LogP contribution is 2.36. The highest BCUT2D eigenvalue weighted by molar-refractivity contribution is 7.90. The third-order valence-electron chi connectivity index (χ3n) is 3.99. The number of rotatable bonds is 4. The van der Waals surface area contributed by atoms with Crippen LogP contribution >= 0.6 is 11.6 Å². The Morgan fingerprint density at radius 1 is 1.00 bits per heavy atom. The molecule has 1 N–H and O–H groups in total. The lowest BCUT2D eigenvalue weighted by Gasteiger charge is -2.08. The van der Waals surface area contributed by atoms with Crippen molar-refractivity contribution >= 4 is 21.4 Å². The number of benzene rings is 2. The SMILES string of the molecule is COc1ccc(-c2cc(C)[nH]c2-c2ccc(S(C)(=O)=O)cc2)cc1Cl. The van der Waals surface area contributed by atoms with E-state index in [0.29, 0.717) is 15.7 Å². The third-order valence-corrected chi connectivity index (χ3v) is 5.41. The van der Waals surface area contributed by atoms with Crippen LogP contribution in [0.3, 0.4) is 0 Å². The van der Waals surface area contributed by atoms with Crippen LogP contribution in [0.25, 0.3) is 22.4 Å². The first-order chi connectivity index (χ1) is 11.8. The number of aromatic amines is 1. The van der Waals surface area contributed by atoms with E-state index in [1.165, 1.54) is 6.26 Å². The predicted octanol–water partition coefficient (Wildman–Crippen LogP) is 4.72. The maximum absolute atomic E-state index is 11.6. The average molecular weight is 376 g/mol. The van der Waals surface area contributed by atoms with E-state index in [0.717, 1.165) is 28.1 Å². The molecule has 1 aromatic heterocycles. The molecule has 0 fully saturated rings. The van der Waals surface area contributed by atoms with Crippen LogP contribution in [0.5, 0.6) is 5.75 Å². The summed E-state index contributed by atoms with van der Waals surface area (Å²) >= 11 is 6.25. The van der Waals surface area contributed by atoms with Gasteiger partial charge < -0.3 is 9.72 Å². The Labute approximate surface area is 152 Å². The Morgan fingerprint density at radius 2 is 1.64 bits per heavy atom. The minimum atomic E-state index is -3.21. The van der Waals surface area contributed by atoms with E-state index in [1.54, 1.807) is 31.4 Å². The number of hydrogen-bond acceptors (Lipinski definition) is 3. The summed E-state index contributed by atoms with van der Waals surface area (Å²) in [6.07, 6.45) is 1.20. The predicted molar refractivity (Wildman–Crippen MR) is 101 cm³/mol. The van der Waals surface area contributed by atoms with Crippen molar-refractivity contribution in [3.63, 3.8) is 0 Å². The fourth-order valence-corrected chi connectivity index (χ4v) is 3.64. The van der Waals surface area contributed by atoms with Crippen LogP contribution in [-0.2, 0) is 9.84 Å². The highest BCUT2D eigenvalue weighted by Gasteiger charge is 2.14. The van der Waals surface area contributed by atoms with E-state index < -0.39 is 9.84 Å². The highest BCUT2D eigenvalue weighted by atomic mass is 35.5. The second-order valence-corrected chi connectivity index (χ2v) is 8.31. The minimum Gasteiger partial charge on any atom is -0.495 e. The van der Waals surface area contributed by atoms with Gasteiger partial charge in [0.15, 0.2) is 9.84 Å². The summed E-state index contributed by atoms with van der Waals surface area (Å²) in [5.74, 6) is 0.622. The zero-order chi connectivity index (χ0) is 18.2. The van der Waals surface area contributed by atoms with Crippen LogP contribution in [0.15, 0.2) is 53.4 Å². The summed E-state index contributed by atoms with van der Waals surface area (Å²) in [6, 6.07) is 14.5. The first-order valence-electron chi connectivity index (χ1n) is 7.63. The van der Waals surface area contributed by atoms with Crippen molar-refractivity contribution in [3.05, 3.63) is 59.2 Å². The molecule has 2 aromatic carbocycles. The molecular formula is C19H18ClNO3S. The van der Waals surface area contributed by atoms with Crippen molar-refractivity contribution in [2.24, 2.45) is 0 Å². The Balaban J connectivity index is 2.09. The monoisotopic (exact) mass is 375 g/mol. The van der Waals surface area contributed by atoms with Gasteiger partial charge in [-0.25, -0.2) is 8.42 Å². The molecule has 0 saturated heterocycles. The second-order valence-electron chi connectivity index (χ2n) is 5.89. The second kappa shape index (κ2) is 6.58. The fraction of sp³-hybridized carbons (Fsp3) is 0.158. The number of ether oxygens (including phenoxy) is 1. The van der Waals surface area contributed by atoms with E-state index in [1.807, 2.05) is 31.2 Å². The first-order valence-corrected chi connectivity index (χ1v) is 9.90. The summed E-state index contributed by atoms with van der Waals surface area (Å²) < 4.78 is 28.5. The van der Waals surface area contributed by atoms with E-state index in [2.05, 4.69) is 4.98 Å². The van der Waals surface area contributed by atoms with Crippen molar-refractivity contribution in [1.82, 2.24) is 4.98 Å². The van der Waals surface area contributed by atoms with E-state index >= 15 is 0 Å². The van der Waals surface area contributed by atoms with Gasteiger partial charge in [0.2, 0.25) is 0 Å². The van der Waals surface area contributed by atoms with Gasteiger partial charge in [-0.2, -0.15) is 0 Å². The third kappa shape index (κ3) is 3.57. The van der Waals surface area contributed by atoms with Gasteiger partial charge in [-0.1, -0.05) is 29.8 Å². The first kappa shape index (κ1) is 17.6. The van der Waals surface area contributed by atoms with Crippen molar-refractivity contribution in [1.29, 1.82) is 0 Å². The molecule has 3 aromatic rings. The molecular weight excluding hydrogens is 358 g/mol. The number of halogens is 1. The molecule has 3 rings (SSSR count). The Hall–Kier alpha value is -2.24. The number of aryl methyl sites for hydroxylation is 1. The number of H-pyrrole nitrogens is 1. The molecule has 0 spiro atoms. The van der Waals surface area contributed by atoms with Gasteiger partial charge in [-0.15, -0.1) is 0 Å². The van der Waals surface area contributed by atoms with Gasteiger partial charge in [-0.3, -0.25) is 0 Å². The molecule has 0 radical (unpaired) electrons. The standard InChI is InChI=1S/C19H18ClNO3S/c1-12-10-16(14-6-9-18(24-2)17(20)11-14)19(21-12)13-4-7-15(8-5-13)25(3,22)23/h4-11,21H,1-3H3. The molecule has 0 unspecified atom stereocenters. The van der Waals surface area contributed by atoms with E-state index in [9.17, 15) is 8.42 Å². The van der Waals surface area contributed by atoms with E-state index in [4.69, 9.17) is 16.3 Å². The van der Waals surface area contributed by atoms with Gasteiger partial charge in [0, 0.05) is 17.5 Å². The summed E-state index contributed by atoms with van der Waals surface area (Å²) in [5.41, 5.74) is 4.77. The molecule has 0 bridgehead atoms.